The molecule has 156 valence electrons. The SMILES string of the molecule is CCCCOc1ccc(C(=O)Nc2cccc(S(=O)(=O)N3CCOCC3)c2)cc1. The van der Waals surface area contributed by atoms with Crippen molar-refractivity contribution in [2.45, 2.75) is 24.7 Å². The van der Waals surface area contributed by atoms with Gasteiger partial charge in [0, 0.05) is 24.3 Å². The second kappa shape index (κ2) is 9.87. The van der Waals surface area contributed by atoms with Gasteiger partial charge >= 0.3 is 0 Å². The molecule has 0 aliphatic carbocycles. The fraction of sp³-hybridized carbons (Fsp3) is 0.381. The molecule has 0 radical (unpaired) electrons. The Morgan fingerprint density at radius 1 is 1.14 bits per heavy atom. The first kappa shape index (κ1) is 21.3. The molecule has 3 rings (SSSR count). The number of unbranched alkanes of at least 4 members (excludes halogenated alkanes) is 1. The van der Waals surface area contributed by atoms with E-state index in [0.717, 1.165) is 12.8 Å². The highest BCUT2D eigenvalue weighted by molar-refractivity contribution is 7.89. The van der Waals surface area contributed by atoms with Gasteiger partial charge in [-0.3, -0.25) is 4.79 Å². The normalized spacial score (nSPS) is 15.1. The highest BCUT2D eigenvalue weighted by Crippen LogP contribution is 2.21. The number of ether oxygens (including phenoxy) is 2. The summed E-state index contributed by atoms with van der Waals surface area (Å²) in [5.41, 5.74) is 0.891. The van der Waals surface area contributed by atoms with Crippen molar-refractivity contribution in [3.8, 4) is 5.75 Å². The number of carbonyl (C=O) groups is 1. The molecule has 1 aliphatic heterocycles. The first-order chi connectivity index (χ1) is 14.0. The van der Waals surface area contributed by atoms with E-state index in [9.17, 15) is 13.2 Å². The number of nitrogens with one attached hydrogen (secondary N) is 1. The van der Waals surface area contributed by atoms with Crippen molar-refractivity contribution in [2.75, 3.05) is 38.2 Å². The van der Waals surface area contributed by atoms with Gasteiger partial charge in [-0.2, -0.15) is 4.31 Å². The third-order valence-electron chi connectivity index (χ3n) is 4.58. The van der Waals surface area contributed by atoms with Crippen molar-refractivity contribution in [1.29, 1.82) is 0 Å². The van der Waals surface area contributed by atoms with Crippen LogP contribution in [0.5, 0.6) is 5.75 Å². The molecule has 7 nitrogen and oxygen atoms in total. The van der Waals surface area contributed by atoms with E-state index >= 15 is 0 Å². The Kier molecular flexibility index (Phi) is 7.24. The Morgan fingerprint density at radius 3 is 2.55 bits per heavy atom. The molecular formula is C21H26N2O5S. The van der Waals surface area contributed by atoms with E-state index in [-0.39, 0.29) is 10.8 Å². The molecule has 1 heterocycles. The number of benzene rings is 2. The molecule has 1 N–H and O–H groups in total. The van der Waals surface area contributed by atoms with Gasteiger partial charge in [0.15, 0.2) is 0 Å². The van der Waals surface area contributed by atoms with Gasteiger partial charge in [0.2, 0.25) is 10.0 Å². The Bertz CT molecular complexity index is 922. The highest BCUT2D eigenvalue weighted by Gasteiger charge is 2.26. The summed E-state index contributed by atoms with van der Waals surface area (Å²) in [5.74, 6) is 0.402. The van der Waals surface area contributed by atoms with Crippen LogP contribution >= 0.6 is 0 Å². The first-order valence-corrected chi connectivity index (χ1v) is 11.2. The van der Waals surface area contributed by atoms with Gasteiger partial charge in [-0.05, 0) is 48.9 Å². The van der Waals surface area contributed by atoms with E-state index in [1.807, 2.05) is 0 Å². The maximum atomic E-state index is 12.8. The summed E-state index contributed by atoms with van der Waals surface area (Å²) in [5, 5.41) is 2.76. The summed E-state index contributed by atoms with van der Waals surface area (Å²) in [7, 11) is -3.62. The van der Waals surface area contributed by atoms with E-state index in [2.05, 4.69) is 12.2 Å². The summed E-state index contributed by atoms with van der Waals surface area (Å²) < 4.78 is 37.8. The van der Waals surface area contributed by atoms with E-state index in [1.165, 1.54) is 16.4 Å². The van der Waals surface area contributed by atoms with Gasteiger partial charge in [-0.15, -0.1) is 0 Å². The van der Waals surface area contributed by atoms with Crippen LogP contribution in [0.4, 0.5) is 5.69 Å². The molecule has 0 aromatic heterocycles. The van der Waals surface area contributed by atoms with E-state index in [0.29, 0.717) is 49.9 Å². The molecule has 0 unspecified atom stereocenters. The van der Waals surface area contributed by atoms with Crippen LogP contribution in [0.25, 0.3) is 0 Å². The number of morpholine rings is 1. The topological polar surface area (TPSA) is 84.9 Å². The Balaban J connectivity index is 1.67. The van der Waals surface area contributed by atoms with Crippen LogP contribution in [0.1, 0.15) is 30.1 Å². The zero-order valence-electron chi connectivity index (χ0n) is 16.5. The van der Waals surface area contributed by atoms with Gasteiger partial charge < -0.3 is 14.8 Å². The number of sulfonamides is 1. The van der Waals surface area contributed by atoms with Crippen molar-refractivity contribution >= 4 is 21.6 Å². The molecule has 8 heteroatoms. The van der Waals surface area contributed by atoms with Gasteiger partial charge in [0.05, 0.1) is 24.7 Å². The second-order valence-corrected chi connectivity index (χ2v) is 8.66. The van der Waals surface area contributed by atoms with Crippen LogP contribution in [0.3, 0.4) is 0 Å². The minimum Gasteiger partial charge on any atom is -0.494 e. The predicted octanol–water partition coefficient (Wildman–Crippen LogP) is 3.14. The third kappa shape index (κ3) is 5.56. The molecule has 0 saturated carbocycles. The van der Waals surface area contributed by atoms with Crippen LogP contribution in [-0.4, -0.2) is 51.5 Å². The summed E-state index contributed by atoms with van der Waals surface area (Å²) in [4.78, 5) is 12.7. The molecule has 2 aromatic carbocycles. The first-order valence-electron chi connectivity index (χ1n) is 9.73. The standard InChI is InChI=1S/C21H26N2O5S/c1-2-3-13-28-19-9-7-17(8-10-19)21(24)22-18-5-4-6-20(16-18)29(25,26)23-11-14-27-15-12-23/h4-10,16H,2-3,11-15H2,1H3,(H,22,24). The minimum absolute atomic E-state index is 0.150. The number of anilines is 1. The third-order valence-corrected chi connectivity index (χ3v) is 6.48. The van der Waals surface area contributed by atoms with Crippen LogP contribution in [0.15, 0.2) is 53.4 Å². The fourth-order valence-corrected chi connectivity index (χ4v) is 4.36. The molecule has 1 aliphatic rings. The predicted molar refractivity (Wildman–Crippen MR) is 111 cm³/mol. The lowest BCUT2D eigenvalue weighted by atomic mass is 10.2. The van der Waals surface area contributed by atoms with Gasteiger partial charge in [0.25, 0.3) is 5.91 Å². The molecule has 0 spiro atoms. The maximum absolute atomic E-state index is 12.8. The molecule has 29 heavy (non-hydrogen) atoms. The average Bonchev–Trinajstić information content (AvgIpc) is 2.75. The van der Waals surface area contributed by atoms with Gasteiger partial charge in [-0.1, -0.05) is 19.4 Å². The molecule has 1 fully saturated rings. The molecule has 0 bridgehead atoms. The Hall–Kier alpha value is -2.42. The Morgan fingerprint density at radius 2 is 1.86 bits per heavy atom. The highest BCUT2D eigenvalue weighted by atomic mass is 32.2. The second-order valence-electron chi connectivity index (χ2n) is 6.72. The molecule has 1 saturated heterocycles. The average molecular weight is 419 g/mol. The number of amides is 1. The summed E-state index contributed by atoms with van der Waals surface area (Å²) in [6, 6.07) is 13.2. The van der Waals surface area contributed by atoms with Gasteiger partial charge in [0.1, 0.15) is 5.75 Å². The lowest BCUT2D eigenvalue weighted by molar-refractivity contribution is 0.0730. The van der Waals surface area contributed by atoms with Crippen molar-refractivity contribution in [3.05, 3.63) is 54.1 Å². The molecular weight excluding hydrogens is 392 g/mol. The van der Waals surface area contributed by atoms with E-state index < -0.39 is 10.0 Å². The van der Waals surface area contributed by atoms with Gasteiger partial charge in [-0.25, -0.2) is 8.42 Å². The van der Waals surface area contributed by atoms with Crippen LogP contribution in [-0.2, 0) is 14.8 Å². The van der Waals surface area contributed by atoms with Crippen molar-refractivity contribution in [2.24, 2.45) is 0 Å². The molecule has 1 amide bonds. The lowest BCUT2D eigenvalue weighted by Gasteiger charge is -2.26. The number of hydrogen-bond acceptors (Lipinski definition) is 5. The van der Waals surface area contributed by atoms with Crippen molar-refractivity contribution < 1.29 is 22.7 Å². The number of rotatable bonds is 8. The largest absolute Gasteiger partial charge is 0.494 e. The quantitative estimate of drug-likeness (QED) is 0.666. The zero-order valence-corrected chi connectivity index (χ0v) is 17.3. The van der Waals surface area contributed by atoms with Crippen molar-refractivity contribution in [3.63, 3.8) is 0 Å². The smallest absolute Gasteiger partial charge is 0.255 e. The van der Waals surface area contributed by atoms with E-state index in [1.54, 1.807) is 36.4 Å². The van der Waals surface area contributed by atoms with Crippen molar-refractivity contribution in [1.82, 2.24) is 4.31 Å². The van der Waals surface area contributed by atoms with Crippen LogP contribution < -0.4 is 10.1 Å². The maximum Gasteiger partial charge on any atom is 0.255 e. The van der Waals surface area contributed by atoms with Crippen LogP contribution in [0, 0.1) is 0 Å². The molecule has 2 aromatic rings. The molecule has 0 atom stereocenters. The summed E-state index contributed by atoms with van der Waals surface area (Å²) >= 11 is 0. The number of carbonyl (C=O) groups excluding carboxylic acids is 1. The summed E-state index contributed by atoms with van der Waals surface area (Å²) in [6.07, 6.45) is 2.03. The number of hydrogen-bond donors (Lipinski definition) is 1. The fourth-order valence-electron chi connectivity index (χ4n) is 2.91. The van der Waals surface area contributed by atoms with Crippen LogP contribution in [0.2, 0.25) is 0 Å². The summed E-state index contributed by atoms with van der Waals surface area (Å²) in [6.45, 7) is 4.16. The number of nitrogens with zero attached hydrogens (tertiary/aromatic N) is 1. The Labute approximate surface area is 171 Å². The van der Waals surface area contributed by atoms with E-state index in [4.69, 9.17) is 9.47 Å². The monoisotopic (exact) mass is 418 g/mol. The lowest BCUT2D eigenvalue weighted by Crippen LogP contribution is -2.40. The zero-order chi connectivity index (χ0) is 20.7. The minimum atomic E-state index is -3.62.